The molecule has 0 aliphatic carbocycles. The number of halogens is 5. The van der Waals surface area contributed by atoms with Crippen LogP contribution in [0.15, 0.2) is 46.9 Å². The molecule has 1 saturated heterocycles. The molecule has 1 amide bonds. The first-order valence-electron chi connectivity index (χ1n) is 13.1. The highest BCUT2D eigenvalue weighted by molar-refractivity contribution is 9.10. The lowest BCUT2D eigenvalue weighted by molar-refractivity contribution is -0.0631. The zero-order chi connectivity index (χ0) is 29.8. The number of aromatic nitrogens is 2. The average molecular weight is 565 g/mol. The van der Waals surface area contributed by atoms with Gasteiger partial charge in [0.05, 0.1) is 16.4 Å². The molecule has 0 saturated carbocycles. The number of rotatable bonds is 5. The third-order valence-electron chi connectivity index (χ3n) is 4.84. The van der Waals surface area contributed by atoms with Crippen LogP contribution in [-0.4, -0.2) is 39.6 Å². The number of benzene rings is 2. The maximum Gasteiger partial charge on any atom is 0.286 e. The molecule has 3 aromatic rings. The first-order valence-corrected chi connectivity index (χ1v) is 11.2. The van der Waals surface area contributed by atoms with E-state index in [1.807, 2.05) is 5.43 Å². The molecule has 10 heteroatoms. The lowest BCUT2D eigenvalue weighted by Gasteiger charge is -2.31. The molecule has 174 valence electrons. The van der Waals surface area contributed by atoms with Gasteiger partial charge >= 0.3 is 0 Å². The summed E-state index contributed by atoms with van der Waals surface area (Å²) in [4.78, 5) is 13.6. The fourth-order valence-corrected chi connectivity index (χ4v) is 4.03. The molecule has 0 spiro atoms. The average Bonchev–Trinajstić information content (AvgIpc) is 3.12. The van der Waals surface area contributed by atoms with E-state index in [2.05, 4.69) is 21.0 Å². The van der Waals surface area contributed by atoms with Crippen molar-refractivity contribution in [3.8, 4) is 16.9 Å². The molecule has 0 atom stereocenters. The van der Waals surface area contributed by atoms with Gasteiger partial charge in [-0.25, -0.2) is 18.5 Å². The van der Waals surface area contributed by atoms with Gasteiger partial charge in [-0.1, -0.05) is 58.1 Å². The minimum absolute atomic E-state index is 0.0747. The second kappa shape index (κ2) is 9.70. The number of carbonyl (C=O) groups is 1. The van der Waals surface area contributed by atoms with E-state index in [1.165, 1.54) is 22.9 Å². The fraction of sp³-hybridized carbons (Fsp3) is 0.304. The molecule has 4 rings (SSSR count). The zero-order valence-corrected chi connectivity index (χ0v) is 19.9. The van der Waals surface area contributed by atoms with Crippen LogP contribution in [0.1, 0.15) is 45.3 Å². The fourth-order valence-electron chi connectivity index (χ4n) is 3.27. The molecule has 0 radical (unpaired) electrons. The van der Waals surface area contributed by atoms with Crippen LogP contribution in [-0.2, 0) is 6.42 Å². The number of hydrogen-bond acceptors (Lipinski definition) is 3. The van der Waals surface area contributed by atoms with Gasteiger partial charge in [-0.2, -0.15) is 5.10 Å². The molecule has 33 heavy (non-hydrogen) atoms. The van der Waals surface area contributed by atoms with Crippen molar-refractivity contribution in [2.45, 2.75) is 32.0 Å². The van der Waals surface area contributed by atoms with E-state index in [0.717, 1.165) is 0 Å². The Kier molecular flexibility index (Phi) is 4.88. The highest BCUT2D eigenvalue weighted by atomic mass is 79.9. The Balaban J connectivity index is 1.92. The molecule has 1 fully saturated rings. The van der Waals surface area contributed by atoms with Crippen LogP contribution in [0.4, 0.5) is 8.78 Å². The summed E-state index contributed by atoms with van der Waals surface area (Å²) in [6.45, 7) is -8.57. The first kappa shape index (κ1) is 16.6. The summed E-state index contributed by atoms with van der Waals surface area (Å²) in [7, 11) is 0. The van der Waals surface area contributed by atoms with Gasteiger partial charge in [0.15, 0.2) is 5.69 Å². The standard InChI is InChI=1S/C23H21BrCl2F2N4O/c1-2-17-20(22(33)30-31-11-9-23(27,28)10-12-31)29-32(19-8-7-16(25)13-18(19)26)21(17)14-3-5-15(24)6-4-14/h3-8,13H,2,9-12H2,1H3,(H,30,33)/i1D3,11D2,12D2. The number of carbonyl (C=O) groups excluding carboxylic acids is 1. The van der Waals surface area contributed by atoms with E-state index in [9.17, 15) is 13.6 Å². The van der Waals surface area contributed by atoms with Crippen LogP contribution in [0.2, 0.25) is 10.0 Å². The van der Waals surface area contributed by atoms with E-state index < -0.39 is 56.6 Å². The Morgan fingerprint density at radius 2 is 1.94 bits per heavy atom. The predicted octanol–water partition coefficient (Wildman–Crippen LogP) is 6.55. The van der Waals surface area contributed by atoms with Gasteiger partial charge in [-0.05, 0) is 36.8 Å². The van der Waals surface area contributed by atoms with E-state index in [-0.39, 0.29) is 27.0 Å². The summed E-state index contributed by atoms with van der Waals surface area (Å²) in [6, 6.07) is 11.1. The maximum atomic E-state index is 14.1. The van der Waals surface area contributed by atoms with Gasteiger partial charge in [0.25, 0.3) is 11.8 Å². The minimum Gasteiger partial charge on any atom is -0.283 e. The molecule has 1 N–H and O–H groups in total. The number of hydrazine groups is 1. The predicted molar refractivity (Wildman–Crippen MR) is 129 cm³/mol. The topological polar surface area (TPSA) is 50.2 Å². The van der Waals surface area contributed by atoms with E-state index in [1.54, 1.807) is 24.3 Å². The van der Waals surface area contributed by atoms with E-state index in [4.69, 9.17) is 32.8 Å². The van der Waals surface area contributed by atoms with Crippen LogP contribution in [0.5, 0.6) is 0 Å². The number of amides is 1. The highest BCUT2D eigenvalue weighted by Gasteiger charge is 2.35. The molecule has 5 nitrogen and oxygen atoms in total. The quantitative estimate of drug-likeness (QED) is 0.382. The Bertz CT molecular complexity index is 1430. The van der Waals surface area contributed by atoms with Crippen molar-refractivity contribution in [1.82, 2.24) is 20.2 Å². The van der Waals surface area contributed by atoms with Crippen LogP contribution in [0.25, 0.3) is 16.9 Å². The van der Waals surface area contributed by atoms with Gasteiger partial charge in [0, 0.05) is 56.1 Å². The second-order valence-electron chi connectivity index (χ2n) is 7.17. The molecular formula is C23H21BrCl2F2N4O. The van der Waals surface area contributed by atoms with E-state index in [0.29, 0.717) is 15.1 Å². The van der Waals surface area contributed by atoms with Crippen LogP contribution >= 0.6 is 39.1 Å². The summed E-state index contributed by atoms with van der Waals surface area (Å²) < 4.78 is 86.0. The van der Waals surface area contributed by atoms with Crippen molar-refractivity contribution >= 4 is 45.0 Å². The third kappa shape index (κ3) is 5.24. The number of nitrogens with one attached hydrogen (secondary N) is 1. The second-order valence-corrected chi connectivity index (χ2v) is 8.93. The molecule has 0 bridgehead atoms. The zero-order valence-electron chi connectivity index (χ0n) is 23.8. The molecule has 1 aromatic heterocycles. The van der Waals surface area contributed by atoms with Gasteiger partial charge in [0.1, 0.15) is 0 Å². The summed E-state index contributed by atoms with van der Waals surface area (Å²) in [5, 5.41) is 4.95. The normalized spacial score (nSPS) is 22.6. The highest BCUT2D eigenvalue weighted by Crippen LogP contribution is 2.34. The van der Waals surface area contributed by atoms with Gasteiger partial charge in [-0.15, -0.1) is 0 Å². The summed E-state index contributed by atoms with van der Waals surface area (Å²) >= 11 is 15.8. The molecule has 1 aliphatic rings. The van der Waals surface area contributed by atoms with E-state index >= 15 is 0 Å². The van der Waals surface area contributed by atoms with Gasteiger partial charge < -0.3 is 0 Å². The Hall–Kier alpha value is -2.00. The molecule has 1 aliphatic heterocycles. The van der Waals surface area contributed by atoms with Crippen LogP contribution < -0.4 is 5.43 Å². The van der Waals surface area contributed by atoms with Crippen LogP contribution in [0, 0.1) is 0 Å². The maximum absolute atomic E-state index is 14.1. The Morgan fingerprint density at radius 1 is 1.24 bits per heavy atom. The van der Waals surface area contributed by atoms with Gasteiger partial charge in [-0.3, -0.25) is 10.2 Å². The van der Waals surface area contributed by atoms with Crippen molar-refractivity contribution in [2.75, 3.05) is 13.0 Å². The monoisotopic (exact) mass is 563 g/mol. The summed E-state index contributed by atoms with van der Waals surface area (Å²) in [5.74, 6) is -4.86. The molecule has 2 heterocycles. The Morgan fingerprint density at radius 3 is 2.58 bits per heavy atom. The molecule has 0 unspecified atom stereocenters. The summed E-state index contributed by atoms with van der Waals surface area (Å²) in [6.07, 6.45) is -3.41. The minimum atomic E-state index is -3.66. The van der Waals surface area contributed by atoms with Crippen molar-refractivity contribution in [3.05, 3.63) is 68.2 Å². The van der Waals surface area contributed by atoms with Crippen LogP contribution in [0.3, 0.4) is 0 Å². The van der Waals surface area contributed by atoms with Gasteiger partial charge in [0.2, 0.25) is 0 Å². The smallest absolute Gasteiger partial charge is 0.283 e. The first-order chi connectivity index (χ1) is 18.3. The lowest BCUT2D eigenvalue weighted by Crippen LogP contribution is -2.49. The molecular weight excluding hydrogens is 537 g/mol. The molecule has 2 aromatic carbocycles. The SMILES string of the molecule is [2H]C([2H])([2H])Cc1c(C(=O)NN2C([2H])([2H])CC(F)(F)CC2([2H])[2H])nn(-c2ccc(Cl)cc2Cl)c1-c1ccc(Br)cc1. The van der Waals surface area contributed by atoms with Crippen molar-refractivity contribution in [2.24, 2.45) is 0 Å². The summed E-state index contributed by atoms with van der Waals surface area (Å²) in [5.41, 5.74) is 2.35. The van der Waals surface area contributed by atoms with Crippen molar-refractivity contribution in [1.29, 1.82) is 0 Å². The number of hydrogen-bond donors (Lipinski definition) is 1. The van der Waals surface area contributed by atoms with Crippen molar-refractivity contribution in [3.63, 3.8) is 0 Å². The van der Waals surface area contributed by atoms with Crippen molar-refractivity contribution < 1.29 is 23.2 Å². The lowest BCUT2D eigenvalue weighted by atomic mass is 10.0. The third-order valence-corrected chi connectivity index (χ3v) is 5.90. The number of alkyl halides is 2. The number of nitrogens with zero attached hydrogens (tertiary/aromatic N) is 3. The number of piperidine rings is 1. The largest absolute Gasteiger partial charge is 0.286 e. The Labute approximate surface area is 218 Å².